The zero-order valence-electron chi connectivity index (χ0n) is 13.3. The van der Waals surface area contributed by atoms with E-state index in [0.717, 1.165) is 5.01 Å². The second kappa shape index (κ2) is 6.78. The molecule has 2 aromatic rings. The number of nitro benzene ring substituents is 1. The molecule has 0 unspecified atom stereocenters. The number of phenols is 1. The smallest absolute Gasteiger partial charge is 0.311 e. The normalized spacial score (nSPS) is 15.5. The van der Waals surface area contributed by atoms with Crippen molar-refractivity contribution in [2.45, 2.75) is 6.92 Å². The molecule has 7 nitrogen and oxygen atoms in total. The molecule has 1 N–H and O–H groups in total. The molecule has 0 saturated heterocycles. The molecule has 2 aromatic carbocycles. The summed E-state index contributed by atoms with van der Waals surface area (Å²) >= 11 is 11.9. The summed E-state index contributed by atoms with van der Waals surface area (Å²) in [4.78, 5) is 22.9. The number of amides is 1. The van der Waals surface area contributed by atoms with Crippen molar-refractivity contribution < 1.29 is 14.8 Å². The van der Waals surface area contributed by atoms with Crippen molar-refractivity contribution in [2.24, 2.45) is 5.10 Å². The Morgan fingerprint density at radius 1 is 1.23 bits per heavy atom. The molecular weight excluding hydrogens is 381 g/mol. The lowest BCUT2D eigenvalue weighted by Gasteiger charge is -2.12. The lowest BCUT2D eigenvalue weighted by atomic mass is 10.1. The van der Waals surface area contributed by atoms with Gasteiger partial charge in [0.1, 0.15) is 0 Å². The summed E-state index contributed by atoms with van der Waals surface area (Å²) in [7, 11) is 0. The van der Waals surface area contributed by atoms with Crippen molar-refractivity contribution in [3.63, 3.8) is 0 Å². The zero-order chi connectivity index (χ0) is 19.0. The molecule has 1 aliphatic heterocycles. The number of halogens is 2. The van der Waals surface area contributed by atoms with Crippen LogP contribution in [0.4, 0.5) is 11.4 Å². The number of anilines is 1. The Balaban J connectivity index is 2.01. The fourth-order valence-corrected chi connectivity index (χ4v) is 2.74. The minimum absolute atomic E-state index is 0.146. The van der Waals surface area contributed by atoms with Crippen LogP contribution in [0, 0.1) is 10.1 Å². The van der Waals surface area contributed by atoms with Crippen molar-refractivity contribution in [3.8, 4) is 5.75 Å². The number of para-hydroxylation sites is 1. The number of hydrogen-bond acceptors (Lipinski definition) is 5. The molecule has 0 atom stereocenters. The van der Waals surface area contributed by atoms with Gasteiger partial charge in [-0.1, -0.05) is 35.3 Å². The molecule has 26 heavy (non-hydrogen) atoms. The van der Waals surface area contributed by atoms with Crippen LogP contribution in [0.25, 0.3) is 6.08 Å². The summed E-state index contributed by atoms with van der Waals surface area (Å²) in [5.41, 5.74) is 0.725. The van der Waals surface area contributed by atoms with E-state index in [9.17, 15) is 20.0 Å². The van der Waals surface area contributed by atoms with Crippen molar-refractivity contribution in [2.75, 3.05) is 5.01 Å². The molecule has 1 heterocycles. The highest BCUT2D eigenvalue weighted by Gasteiger charge is 2.29. The Kier molecular flexibility index (Phi) is 4.67. The third-order valence-electron chi connectivity index (χ3n) is 3.75. The maximum absolute atomic E-state index is 12.7. The van der Waals surface area contributed by atoms with Crippen LogP contribution in [0.15, 0.2) is 47.1 Å². The van der Waals surface area contributed by atoms with Gasteiger partial charge in [-0.15, -0.1) is 0 Å². The van der Waals surface area contributed by atoms with Gasteiger partial charge in [0.05, 0.1) is 31.9 Å². The van der Waals surface area contributed by atoms with E-state index < -0.39 is 22.3 Å². The Morgan fingerprint density at radius 2 is 1.96 bits per heavy atom. The highest BCUT2D eigenvalue weighted by atomic mass is 35.5. The molecule has 0 saturated carbocycles. The minimum atomic E-state index is -0.698. The van der Waals surface area contributed by atoms with Gasteiger partial charge in [0, 0.05) is 11.6 Å². The van der Waals surface area contributed by atoms with Crippen LogP contribution >= 0.6 is 23.2 Å². The zero-order valence-corrected chi connectivity index (χ0v) is 14.8. The van der Waals surface area contributed by atoms with Crippen LogP contribution in [0.5, 0.6) is 5.75 Å². The summed E-state index contributed by atoms with van der Waals surface area (Å²) in [6.45, 7) is 1.62. The van der Waals surface area contributed by atoms with E-state index in [0.29, 0.717) is 16.4 Å². The first-order chi connectivity index (χ1) is 12.3. The number of carbonyl (C=O) groups is 1. The Bertz CT molecular complexity index is 1000. The number of nitrogens with zero attached hydrogens (tertiary/aromatic N) is 3. The van der Waals surface area contributed by atoms with Gasteiger partial charge < -0.3 is 5.11 Å². The number of benzene rings is 2. The van der Waals surface area contributed by atoms with Crippen LogP contribution in [0.2, 0.25) is 10.0 Å². The van der Waals surface area contributed by atoms with Crippen molar-refractivity contribution in [3.05, 3.63) is 67.7 Å². The van der Waals surface area contributed by atoms with E-state index in [4.69, 9.17) is 23.2 Å². The van der Waals surface area contributed by atoms with E-state index >= 15 is 0 Å². The van der Waals surface area contributed by atoms with E-state index in [1.165, 1.54) is 30.3 Å². The predicted molar refractivity (Wildman–Crippen MR) is 99.8 cm³/mol. The van der Waals surface area contributed by atoms with Gasteiger partial charge in [0.25, 0.3) is 5.91 Å². The predicted octanol–water partition coefficient (Wildman–Crippen LogP) is 4.41. The summed E-state index contributed by atoms with van der Waals surface area (Å²) in [5, 5.41) is 27.0. The number of hydrazone groups is 1. The molecule has 0 bridgehead atoms. The van der Waals surface area contributed by atoms with Crippen molar-refractivity contribution in [1.29, 1.82) is 0 Å². The van der Waals surface area contributed by atoms with Crippen LogP contribution in [-0.2, 0) is 4.79 Å². The maximum atomic E-state index is 12.7. The molecule has 0 spiro atoms. The highest BCUT2D eigenvalue weighted by molar-refractivity contribution is 6.42. The van der Waals surface area contributed by atoms with E-state index in [2.05, 4.69) is 5.10 Å². The molecule has 0 aromatic heterocycles. The molecular formula is C17H11Cl2N3O4. The van der Waals surface area contributed by atoms with E-state index in [1.54, 1.807) is 19.1 Å². The van der Waals surface area contributed by atoms with Gasteiger partial charge in [0.15, 0.2) is 0 Å². The van der Waals surface area contributed by atoms with Crippen LogP contribution in [0.1, 0.15) is 12.5 Å². The van der Waals surface area contributed by atoms with Gasteiger partial charge in [-0.25, -0.2) is 0 Å². The van der Waals surface area contributed by atoms with Crippen LogP contribution in [-0.4, -0.2) is 21.6 Å². The second-order valence-corrected chi connectivity index (χ2v) is 6.25. The Labute approximate surface area is 157 Å². The monoisotopic (exact) mass is 391 g/mol. The molecule has 9 heteroatoms. The largest absolute Gasteiger partial charge is 0.502 e. The van der Waals surface area contributed by atoms with Crippen LogP contribution < -0.4 is 5.01 Å². The first-order valence-electron chi connectivity index (χ1n) is 7.32. The fourth-order valence-electron chi connectivity index (χ4n) is 2.44. The van der Waals surface area contributed by atoms with Gasteiger partial charge in [-0.05, 0) is 31.2 Å². The third-order valence-corrected chi connectivity index (χ3v) is 4.49. The first kappa shape index (κ1) is 17.9. The molecule has 0 aliphatic carbocycles. The highest BCUT2D eigenvalue weighted by Crippen LogP contribution is 2.34. The first-order valence-corrected chi connectivity index (χ1v) is 8.08. The fraction of sp³-hybridized carbons (Fsp3) is 0.0588. The standard InChI is InChI=1S/C17H11Cl2N3O4/c1-9-12(7-10-3-2-4-15(16(10)23)22(25)26)17(24)21(20-9)11-5-6-13(18)14(19)8-11/h2-8,23H,1H3/b12-7-. The summed E-state index contributed by atoms with van der Waals surface area (Å²) in [6.07, 6.45) is 1.36. The summed E-state index contributed by atoms with van der Waals surface area (Å²) < 4.78 is 0. The molecule has 132 valence electrons. The van der Waals surface area contributed by atoms with E-state index in [1.807, 2.05) is 0 Å². The molecule has 3 rings (SSSR count). The second-order valence-electron chi connectivity index (χ2n) is 5.43. The Morgan fingerprint density at radius 3 is 2.62 bits per heavy atom. The SMILES string of the molecule is CC1=NN(c2ccc(Cl)c(Cl)c2)C(=O)/C1=C\c1cccc([N+](=O)[O-])c1O. The van der Waals surface area contributed by atoms with Crippen molar-refractivity contribution in [1.82, 2.24) is 0 Å². The van der Waals surface area contributed by atoms with Crippen molar-refractivity contribution >= 4 is 52.3 Å². The number of hydrogen-bond donors (Lipinski definition) is 1. The van der Waals surface area contributed by atoms with Gasteiger partial charge in [-0.3, -0.25) is 14.9 Å². The topological polar surface area (TPSA) is 96.0 Å². The minimum Gasteiger partial charge on any atom is -0.502 e. The number of carbonyl (C=O) groups excluding carboxylic acids is 1. The lowest BCUT2D eigenvalue weighted by molar-refractivity contribution is -0.385. The lowest BCUT2D eigenvalue weighted by Crippen LogP contribution is -2.21. The maximum Gasteiger partial charge on any atom is 0.311 e. The summed E-state index contributed by atoms with van der Waals surface area (Å²) in [6, 6.07) is 8.72. The van der Waals surface area contributed by atoms with Crippen LogP contribution in [0.3, 0.4) is 0 Å². The Hall–Kier alpha value is -2.90. The van der Waals surface area contributed by atoms with E-state index in [-0.39, 0.29) is 16.2 Å². The molecule has 1 amide bonds. The molecule has 0 radical (unpaired) electrons. The average molecular weight is 392 g/mol. The number of nitro groups is 1. The number of rotatable bonds is 3. The summed E-state index contributed by atoms with van der Waals surface area (Å²) in [5.74, 6) is -0.967. The quantitative estimate of drug-likeness (QED) is 0.475. The average Bonchev–Trinajstić information content (AvgIpc) is 2.87. The van der Waals surface area contributed by atoms with Gasteiger partial charge in [0.2, 0.25) is 5.75 Å². The molecule has 0 fully saturated rings. The van der Waals surface area contributed by atoms with Gasteiger partial charge >= 0.3 is 5.69 Å². The van der Waals surface area contributed by atoms with Gasteiger partial charge in [-0.2, -0.15) is 10.1 Å². The third kappa shape index (κ3) is 3.14. The molecule has 1 aliphatic rings. The number of phenolic OH excluding ortho intramolecular Hbond substituents is 1. The number of aromatic hydroxyl groups is 1.